The lowest BCUT2D eigenvalue weighted by atomic mass is 10.0. The van der Waals surface area contributed by atoms with Crippen LogP contribution in [0.15, 0.2) is 24.3 Å². The molecule has 0 amide bonds. The number of ether oxygens (including phenoxy) is 1. The van der Waals surface area contributed by atoms with Crippen LogP contribution in [-0.4, -0.2) is 55.4 Å². The van der Waals surface area contributed by atoms with Crippen molar-refractivity contribution in [1.82, 2.24) is 8.61 Å². The Kier molecular flexibility index (Phi) is 4.54. The maximum absolute atomic E-state index is 13.0. The van der Waals surface area contributed by atoms with Gasteiger partial charge in [0.15, 0.2) is 0 Å². The number of hydrogen-bond donors (Lipinski definition) is 0. The number of hydrogen-bond acceptors (Lipinski definition) is 3. The van der Waals surface area contributed by atoms with Gasteiger partial charge in [-0.25, -0.2) is 0 Å². The molecule has 2 aliphatic rings. The highest BCUT2D eigenvalue weighted by molar-refractivity contribution is 7.86. The fourth-order valence-corrected chi connectivity index (χ4v) is 5.08. The quantitative estimate of drug-likeness (QED) is 0.827. The van der Waals surface area contributed by atoms with E-state index in [1.54, 1.807) is 8.61 Å². The Morgan fingerprint density at radius 3 is 2.27 bits per heavy atom. The number of benzene rings is 1. The monoisotopic (exact) mass is 324 g/mol. The minimum Gasteiger partial charge on any atom is -0.375 e. The third-order valence-corrected chi connectivity index (χ3v) is 6.67. The molecule has 0 saturated carbocycles. The normalized spacial score (nSPS) is 28.1. The van der Waals surface area contributed by atoms with Crippen LogP contribution in [-0.2, 0) is 27.8 Å². The highest BCUT2D eigenvalue weighted by Crippen LogP contribution is 2.22. The standard InChI is InChI=1S/C16H24N2O3S/c1-13-12-21-14(2)11-18(13)22(19,20)17-9-7-15-5-3-4-6-16(15)8-10-17/h3-6,13-14H,7-12H2,1-2H3. The van der Waals surface area contributed by atoms with Gasteiger partial charge in [0.05, 0.1) is 12.7 Å². The summed E-state index contributed by atoms with van der Waals surface area (Å²) >= 11 is 0. The van der Waals surface area contributed by atoms with Crippen LogP contribution in [0, 0.1) is 0 Å². The van der Waals surface area contributed by atoms with Crippen LogP contribution >= 0.6 is 0 Å². The Labute approximate surface area is 133 Å². The predicted molar refractivity (Wildman–Crippen MR) is 85.9 cm³/mol. The zero-order valence-electron chi connectivity index (χ0n) is 13.2. The largest absolute Gasteiger partial charge is 0.375 e. The number of fused-ring (bicyclic) bond motifs is 1. The predicted octanol–water partition coefficient (Wildman–Crippen LogP) is 1.44. The van der Waals surface area contributed by atoms with E-state index < -0.39 is 10.2 Å². The molecule has 0 aliphatic carbocycles. The second kappa shape index (κ2) is 6.28. The lowest BCUT2D eigenvalue weighted by Crippen LogP contribution is -2.55. The summed E-state index contributed by atoms with van der Waals surface area (Å²) in [5, 5.41) is 0. The number of morpholine rings is 1. The molecule has 1 fully saturated rings. The molecule has 0 spiro atoms. The first kappa shape index (κ1) is 15.9. The number of rotatable bonds is 2. The third kappa shape index (κ3) is 3.06. The summed E-state index contributed by atoms with van der Waals surface area (Å²) in [6, 6.07) is 8.14. The second-order valence-electron chi connectivity index (χ2n) is 6.24. The molecule has 3 rings (SSSR count). The Balaban J connectivity index is 1.79. The highest BCUT2D eigenvalue weighted by atomic mass is 32.2. The summed E-state index contributed by atoms with van der Waals surface area (Å²) in [5.74, 6) is 0. The van der Waals surface area contributed by atoms with E-state index >= 15 is 0 Å². The first-order chi connectivity index (χ1) is 10.5. The lowest BCUT2D eigenvalue weighted by Gasteiger charge is -2.38. The van der Waals surface area contributed by atoms with Gasteiger partial charge < -0.3 is 4.74 Å². The van der Waals surface area contributed by atoms with Crippen LogP contribution < -0.4 is 0 Å². The van der Waals surface area contributed by atoms with Crippen LogP contribution in [0.4, 0.5) is 0 Å². The first-order valence-corrected chi connectivity index (χ1v) is 9.33. The van der Waals surface area contributed by atoms with Crippen LogP contribution in [0.1, 0.15) is 25.0 Å². The molecular formula is C16H24N2O3S. The van der Waals surface area contributed by atoms with E-state index in [2.05, 4.69) is 12.1 Å². The van der Waals surface area contributed by atoms with Gasteiger partial charge in [0.25, 0.3) is 10.2 Å². The molecular weight excluding hydrogens is 300 g/mol. The summed E-state index contributed by atoms with van der Waals surface area (Å²) in [6.45, 7) is 5.85. The van der Waals surface area contributed by atoms with Crippen molar-refractivity contribution in [2.75, 3.05) is 26.2 Å². The van der Waals surface area contributed by atoms with E-state index in [0.717, 1.165) is 12.8 Å². The van der Waals surface area contributed by atoms with Crippen molar-refractivity contribution in [3.05, 3.63) is 35.4 Å². The van der Waals surface area contributed by atoms with E-state index in [1.165, 1.54) is 11.1 Å². The van der Waals surface area contributed by atoms with Gasteiger partial charge in [0.2, 0.25) is 0 Å². The lowest BCUT2D eigenvalue weighted by molar-refractivity contribution is -0.0190. The molecule has 2 heterocycles. The molecule has 1 aromatic carbocycles. The van der Waals surface area contributed by atoms with Gasteiger partial charge in [-0.1, -0.05) is 24.3 Å². The van der Waals surface area contributed by atoms with Gasteiger partial charge in [-0.3, -0.25) is 0 Å². The smallest absolute Gasteiger partial charge is 0.282 e. The maximum atomic E-state index is 13.0. The summed E-state index contributed by atoms with van der Waals surface area (Å²) in [6.07, 6.45) is 1.52. The maximum Gasteiger partial charge on any atom is 0.282 e. The zero-order chi connectivity index (χ0) is 15.7. The molecule has 2 atom stereocenters. The fraction of sp³-hybridized carbons (Fsp3) is 0.625. The SMILES string of the molecule is CC1CN(S(=O)(=O)N2CCc3ccccc3CC2)C(C)CO1. The zero-order valence-corrected chi connectivity index (χ0v) is 14.1. The van der Waals surface area contributed by atoms with Gasteiger partial charge in [0, 0.05) is 25.7 Å². The minimum absolute atomic E-state index is 0.0462. The van der Waals surface area contributed by atoms with Gasteiger partial charge in [-0.15, -0.1) is 0 Å². The second-order valence-corrected chi connectivity index (χ2v) is 8.12. The first-order valence-electron chi connectivity index (χ1n) is 7.94. The Morgan fingerprint density at radius 2 is 1.68 bits per heavy atom. The van der Waals surface area contributed by atoms with Crippen molar-refractivity contribution < 1.29 is 13.2 Å². The summed E-state index contributed by atoms with van der Waals surface area (Å²) < 4.78 is 34.8. The molecule has 2 aliphatic heterocycles. The van der Waals surface area contributed by atoms with E-state index in [1.807, 2.05) is 26.0 Å². The molecule has 1 saturated heterocycles. The van der Waals surface area contributed by atoms with Crippen LogP contribution in [0.5, 0.6) is 0 Å². The van der Waals surface area contributed by atoms with Crippen molar-refractivity contribution >= 4 is 10.2 Å². The summed E-state index contributed by atoms with van der Waals surface area (Å²) in [4.78, 5) is 0. The van der Waals surface area contributed by atoms with E-state index in [0.29, 0.717) is 26.2 Å². The average molecular weight is 324 g/mol. The van der Waals surface area contributed by atoms with Crippen molar-refractivity contribution in [3.63, 3.8) is 0 Å². The summed E-state index contributed by atoms with van der Waals surface area (Å²) in [7, 11) is -3.42. The molecule has 122 valence electrons. The van der Waals surface area contributed by atoms with Crippen LogP contribution in [0.2, 0.25) is 0 Å². The van der Waals surface area contributed by atoms with E-state index in [9.17, 15) is 8.42 Å². The highest BCUT2D eigenvalue weighted by Gasteiger charge is 2.37. The van der Waals surface area contributed by atoms with Gasteiger partial charge in [-0.05, 0) is 37.8 Å². The molecule has 2 unspecified atom stereocenters. The van der Waals surface area contributed by atoms with Gasteiger partial charge >= 0.3 is 0 Å². The molecule has 22 heavy (non-hydrogen) atoms. The Morgan fingerprint density at radius 1 is 1.09 bits per heavy atom. The van der Waals surface area contributed by atoms with Crippen molar-refractivity contribution in [2.45, 2.75) is 38.8 Å². The molecule has 5 nitrogen and oxygen atoms in total. The van der Waals surface area contributed by atoms with Gasteiger partial charge in [0.1, 0.15) is 0 Å². The molecule has 0 aromatic heterocycles. The van der Waals surface area contributed by atoms with Gasteiger partial charge in [-0.2, -0.15) is 17.0 Å². The van der Waals surface area contributed by atoms with E-state index in [4.69, 9.17) is 4.74 Å². The van der Waals surface area contributed by atoms with Crippen molar-refractivity contribution in [2.24, 2.45) is 0 Å². The van der Waals surface area contributed by atoms with Crippen LogP contribution in [0.25, 0.3) is 0 Å². The molecule has 6 heteroatoms. The Hall–Kier alpha value is -0.950. The molecule has 0 bridgehead atoms. The van der Waals surface area contributed by atoms with Crippen LogP contribution in [0.3, 0.4) is 0 Å². The van der Waals surface area contributed by atoms with Crippen molar-refractivity contribution in [1.29, 1.82) is 0 Å². The van der Waals surface area contributed by atoms with Crippen molar-refractivity contribution in [3.8, 4) is 0 Å². The third-order valence-electron chi connectivity index (χ3n) is 4.55. The number of nitrogens with zero attached hydrogens (tertiary/aromatic N) is 2. The van der Waals surface area contributed by atoms with E-state index in [-0.39, 0.29) is 12.1 Å². The Bertz CT molecular complexity index is 605. The summed E-state index contributed by atoms with van der Waals surface area (Å²) in [5.41, 5.74) is 2.53. The molecule has 0 N–H and O–H groups in total. The minimum atomic E-state index is -3.42. The molecule has 1 aromatic rings. The molecule has 0 radical (unpaired) electrons. The topological polar surface area (TPSA) is 49.9 Å². The fourth-order valence-electron chi connectivity index (χ4n) is 3.22. The average Bonchev–Trinajstić information content (AvgIpc) is 2.72.